The summed E-state index contributed by atoms with van der Waals surface area (Å²) in [4.78, 5) is 46.6. The molecule has 2 fully saturated rings. The summed E-state index contributed by atoms with van der Waals surface area (Å²) in [5.41, 5.74) is 8.08. The molecule has 0 unspecified atom stereocenters. The van der Waals surface area contributed by atoms with Gasteiger partial charge >= 0.3 is 0 Å². The van der Waals surface area contributed by atoms with Gasteiger partial charge in [0.1, 0.15) is 11.8 Å². The number of pyridine rings is 1. The number of nitrogens with zero attached hydrogens (tertiary/aromatic N) is 5. The minimum Gasteiger partial charge on any atom is -0.494 e. The predicted octanol–water partition coefficient (Wildman–Crippen LogP) is 2.26. The van der Waals surface area contributed by atoms with Gasteiger partial charge in [0.05, 0.1) is 43.4 Å². The molecule has 11 nitrogen and oxygen atoms in total. The maximum atomic E-state index is 13.7. The number of hydrogen-bond donors (Lipinski definition) is 2. The van der Waals surface area contributed by atoms with E-state index in [0.29, 0.717) is 30.6 Å². The van der Waals surface area contributed by atoms with Crippen molar-refractivity contribution in [3.63, 3.8) is 0 Å². The lowest BCUT2D eigenvalue weighted by Crippen LogP contribution is -2.50. The van der Waals surface area contributed by atoms with E-state index in [1.54, 1.807) is 17.0 Å². The molecule has 2 aliphatic heterocycles. The van der Waals surface area contributed by atoms with E-state index < -0.39 is 43.3 Å². The number of carbonyl (C=O) groups is 3. The molecule has 1 atom stereocenters. The molecular formula is C32H35F2N7O4. The summed E-state index contributed by atoms with van der Waals surface area (Å²) < 4.78 is 33.5. The minimum atomic E-state index is -3.13. The van der Waals surface area contributed by atoms with Crippen molar-refractivity contribution in [3.8, 4) is 22.9 Å². The van der Waals surface area contributed by atoms with Crippen molar-refractivity contribution in [2.75, 3.05) is 59.0 Å². The SMILES string of the molecule is N#C[C@@H]1CC(F)(F)CN1C(=O)CNC(=O)c1ccnc2cc(-c3cccc(OCCCN4CCN(C(=O)CN)CC4)c3)ccc12. The number of carbonyl (C=O) groups excluding carboxylic acids is 3. The Hall–Kier alpha value is -4.67. The molecular weight excluding hydrogens is 584 g/mol. The first-order valence-electron chi connectivity index (χ1n) is 14.8. The van der Waals surface area contributed by atoms with Gasteiger partial charge in [-0.05, 0) is 41.8 Å². The van der Waals surface area contributed by atoms with Crippen LogP contribution in [-0.2, 0) is 9.59 Å². The summed E-state index contributed by atoms with van der Waals surface area (Å²) >= 11 is 0. The lowest BCUT2D eigenvalue weighted by molar-refractivity contribution is -0.132. The highest BCUT2D eigenvalue weighted by molar-refractivity contribution is 6.07. The average molecular weight is 620 g/mol. The summed E-state index contributed by atoms with van der Waals surface area (Å²) in [6.07, 6.45) is 1.62. The Kier molecular flexibility index (Phi) is 9.85. The van der Waals surface area contributed by atoms with Crippen molar-refractivity contribution >= 4 is 28.6 Å². The molecule has 236 valence electrons. The van der Waals surface area contributed by atoms with Crippen LogP contribution in [-0.4, -0.2) is 108 Å². The first-order valence-corrected chi connectivity index (χ1v) is 14.8. The fraction of sp³-hybridized carbons (Fsp3) is 0.406. The molecule has 2 aromatic carbocycles. The quantitative estimate of drug-likeness (QED) is 0.329. The maximum absolute atomic E-state index is 13.7. The van der Waals surface area contributed by atoms with Crippen molar-refractivity contribution in [1.29, 1.82) is 5.26 Å². The van der Waals surface area contributed by atoms with Crippen LogP contribution in [0.3, 0.4) is 0 Å². The minimum absolute atomic E-state index is 0.0122. The molecule has 0 saturated carbocycles. The number of ether oxygens (including phenoxy) is 1. The second kappa shape index (κ2) is 14.0. The molecule has 0 radical (unpaired) electrons. The number of nitriles is 1. The number of likely N-dealkylation sites (tertiary alicyclic amines) is 1. The summed E-state index contributed by atoms with van der Waals surface area (Å²) in [6, 6.07) is 15.2. The molecule has 13 heteroatoms. The number of alkyl halides is 2. The predicted molar refractivity (Wildman–Crippen MR) is 162 cm³/mol. The van der Waals surface area contributed by atoms with Crippen molar-refractivity contribution in [1.82, 2.24) is 25.0 Å². The van der Waals surface area contributed by atoms with Gasteiger partial charge in [-0.2, -0.15) is 5.26 Å². The number of hydrogen-bond acceptors (Lipinski definition) is 8. The topological polar surface area (TPSA) is 145 Å². The molecule has 0 bridgehead atoms. The van der Waals surface area contributed by atoms with Crippen LogP contribution in [0, 0.1) is 11.3 Å². The van der Waals surface area contributed by atoms with Gasteiger partial charge in [0, 0.05) is 50.7 Å². The van der Waals surface area contributed by atoms with Crippen LogP contribution in [0.1, 0.15) is 23.2 Å². The molecule has 3 aromatic rings. The van der Waals surface area contributed by atoms with E-state index in [-0.39, 0.29) is 18.0 Å². The Morgan fingerprint density at radius 3 is 2.60 bits per heavy atom. The number of nitrogens with two attached hydrogens (primary N) is 1. The Morgan fingerprint density at radius 1 is 1.07 bits per heavy atom. The van der Waals surface area contributed by atoms with Crippen LogP contribution >= 0.6 is 0 Å². The van der Waals surface area contributed by atoms with Gasteiger partial charge in [-0.1, -0.05) is 24.3 Å². The lowest BCUT2D eigenvalue weighted by Gasteiger charge is -2.34. The van der Waals surface area contributed by atoms with Crippen molar-refractivity contribution in [3.05, 3.63) is 60.3 Å². The fourth-order valence-electron chi connectivity index (χ4n) is 5.67. The zero-order chi connectivity index (χ0) is 32.0. The summed E-state index contributed by atoms with van der Waals surface area (Å²) in [6.45, 7) is 3.14. The number of nitrogens with one attached hydrogen (secondary N) is 1. The summed E-state index contributed by atoms with van der Waals surface area (Å²) in [7, 11) is 0. The van der Waals surface area contributed by atoms with E-state index >= 15 is 0 Å². The third kappa shape index (κ3) is 7.71. The first-order chi connectivity index (χ1) is 21.7. The average Bonchev–Trinajstić information content (AvgIpc) is 3.39. The van der Waals surface area contributed by atoms with Gasteiger partial charge in [-0.25, -0.2) is 8.78 Å². The van der Waals surface area contributed by atoms with E-state index in [1.165, 1.54) is 12.3 Å². The molecule has 0 aliphatic carbocycles. The van der Waals surface area contributed by atoms with Gasteiger partial charge < -0.3 is 25.6 Å². The van der Waals surface area contributed by atoms with Crippen LogP contribution in [0.5, 0.6) is 5.75 Å². The lowest BCUT2D eigenvalue weighted by atomic mass is 10.0. The highest BCUT2D eigenvalue weighted by Gasteiger charge is 2.47. The second-order valence-electron chi connectivity index (χ2n) is 11.2. The monoisotopic (exact) mass is 619 g/mol. The summed E-state index contributed by atoms with van der Waals surface area (Å²) in [5.74, 6) is -3.71. The van der Waals surface area contributed by atoms with Crippen LogP contribution in [0.4, 0.5) is 8.78 Å². The largest absolute Gasteiger partial charge is 0.494 e. The first kappa shape index (κ1) is 31.7. The van der Waals surface area contributed by atoms with E-state index in [9.17, 15) is 23.2 Å². The number of rotatable bonds is 10. The Balaban J connectivity index is 1.16. The number of halogens is 2. The standard InChI is InChI=1S/C32H35F2N7O4/c33-32(34)17-24(18-35)41(21-32)30(43)20-38-31(44)27-7-8-37-28-16-23(5-6-26(27)28)22-3-1-4-25(15-22)45-14-2-9-39-10-12-40(13-11-39)29(42)19-36/h1,3-8,15-16,24H,2,9-14,17,19-21,36H2,(H,38,44)/t24-/m0/s1. The molecule has 2 aliphatic rings. The van der Waals surface area contributed by atoms with Crippen molar-refractivity contribution in [2.45, 2.75) is 24.8 Å². The normalized spacial score (nSPS) is 18.0. The van der Waals surface area contributed by atoms with Crippen LogP contribution in [0.15, 0.2) is 54.7 Å². The Labute approximate surface area is 259 Å². The highest BCUT2D eigenvalue weighted by Crippen LogP contribution is 2.32. The number of amides is 3. The maximum Gasteiger partial charge on any atom is 0.268 e. The molecule has 3 heterocycles. The molecule has 3 amide bonds. The van der Waals surface area contributed by atoms with Crippen molar-refractivity contribution in [2.24, 2.45) is 5.73 Å². The third-order valence-electron chi connectivity index (χ3n) is 8.08. The third-order valence-corrected chi connectivity index (χ3v) is 8.08. The number of piperazine rings is 1. The Bertz CT molecular complexity index is 1600. The molecule has 1 aromatic heterocycles. The van der Waals surface area contributed by atoms with Gasteiger partial charge in [0.15, 0.2) is 0 Å². The molecule has 0 spiro atoms. The Morgan fingerprint density at radius 2 is 1.84 bits per heavy atom. The van der Waals surface area contributed by atoms with Gasteiger partial charge in [0.2, 0.25) is 11.8 Å². The van der Waals surface area contributed by atoms with E-state index in [4.69, 9.17) is 15.7 Å². The fourth-order valence-corrected chi connectivity index (χ4v) is 5.67. The van der Waals surface area contributed by atoms with E-state index in [1.807, 2.05) is 36.4 Å². The van der Waals surface area contributed by atoms with Crippen LogP contribution < -0.4 is 15.8 Å². The molecule has 2 saturated heterocycles. The molecule has 45 heavy (non-hydrogen) atoms. The molecule has 5 rings (SSSR count). The smallest absolute Gasteiger partial charge is 0.268 e. The van der Waals surface area contributed by atoms with Crippen molar-refractivity contribution < 1.29 is 27.9 Å². The van der Waals surface area contributed by atoms with Crippen LogP contribution in [0.2, 0.25) is 0 Å². The van der Waals surface area contributed by atoms with Gasteiger partial charge in [0.25, 0.3) is 11.8 Å². The van der Waals surface area contributed by atoms with E-state index in [0.717, 1.165) is 47.8 Å². The van der Waals surface area contributed by atoms with E-state index in [2.05, 4.69) is 15.2 Å². The highest BCUT2D eigenvalue weighted by atomic mass is 19.3. The van der Waals surface area contributed by atoms with Gasteiger partial charge in [-0.3, -0.25) is 24.3 Å². The summed E-state index contributed by atoms with van der Waals surface area (Å²) in [5, 5.41) is 12.2. The zero-order valence-electron chi connectivity index (χ0n) is 24.8. The molecule has 3 N–H and O–H groups in total. The number of fused-ring (bicyclic) bond motifs is 1. The van der Waals surface area contributed by atoms with Gasteiger partial charge in [-0.15, -0.1) is 0 Å². The second-order valence-corrected chi connectivity index (χ2v) is 11.2. The van der Waals surface area contributed by atoms with Crippen LogP contribution in [0.25, 0.3) is 22.0 Å². The number of aromatic nitrogens is 1. The zero-order valence-corrected chi connectivity index (χ0v) is 24.8. The number of benzene rings is 2.